The third-order valence-electron chi connectivity index (χ3n) is 4.31. The predicted octanol–water partition coefficient (Wildman–Crippen LogP) is 3.70. The number of aryl methyl sites for hydroxylation is 2. The zero-order chi connectivity index (χ0) is 19.4. The Bertz CT molecular complexity index is 856. The lowest BCUT2D eigenvalue weighted by molar-refractivity contribution is -0.222. The second kappa shape index (κ2) is 7.66. The van der Waals surface area contributed by atoms with Crippen molar-refractivity contribution in [1.29, 1.82) is 0 Å². The predicted molar refractivity (Wildman–Crippen MR) is 101 cm³/mol. The van der Waals surface area contributed by atoms with E-state index in [1.807, 2.05) is 48.5 Å². The van der Waals surface area contributed by atoms with E-state index in [1.54, 1.807) is 13.2 Å². The van der Waals surface area contributed by atoms with Gasteiger partial charge in [-0.3, -0.25) is 0 Å². The van der Waals surface area contributed by atoms with E-state index in [4.69, 9.17) is 14.2 Å². The second-order valence-electron chi connectivity index (χ2n) is 6.78. The third kappa shape index (κ3) is 4.56. The van der Waals surface area contributed by atoms with Gasteiger partial charge in [-0.15, -0.1) is 0 Å². The van der Waals surface area contributed by atoms with Crippen molar-refractivity contribution in [2.24, 2.45) is 0 Å². The van der Waals surface area contributed by atoms with Gasteiger partial charge in [-0.2, -0.15) is 0 Å². The molecule has 3 rings (SSSR count). The molecule has 0 radical (unpaired) electrons. The molecular weight excluding hydrogens is 344 g/mol. The summed E-state index contributed by atoms with van der Waals surface area (Å²) >= 11 is 0. The fourth-order valence-corrected chi connectivity index (χ4v) is 2.91. The minimum atomic E-state index is -1.24. The summed E-state index contributed by atoms with van der Waals surface area (Å²) in [6.07, 6.45) is 3.14. The number of cyclic esters (lactones) is 2. The van der Waals surface area contributed by atoms with E-state index in [-0.39, 0.29) is 5.57 Å². The van der Waals surface area contributed by atoms with E-state index in [1.165, 1.54) is 19.4 Å². The number of benzene rings is 2. The number of rotatable bonds is 5. The minimum absolute atomic E-state index is 0.0915. The Balaban J connectivity index is 1.79. The minimum Gasteiger partial charge on any atom is -0.497 e. The Kier molecular flexibility index (Phi) is 5.31. The lowest BCUT2D eigenvalue weighted by Gasteiger charge is -2.29. The molecule has 1 heterocycles. The monoisotopic (exact) mass is 366 g/mol. The number of ether oxygens (including phenoxy) is 3. The molecular formula is C22H22O5. The van der Waals surface area contributed by atoms with Crippen molar-refractivity contribution >= 4 is 18.0 Å². The van der Waals surface area contributed by atoms with Gasteiger partial charge in [0, 0.05) is 13.8 Å². The molecule has 1 fully saturated rings. The van der Waals surface area contributed by atoms with Crippen LogP contribution in [-0.2, 0) is 31.9 Å². The summed E-state index contributed by atoms with van der Waals surface area (Å²) in [6.45, 7) is 3.06. The van der Waals surface area contributed by atoms with Crippen LogP contribution in [0.15, 0.2) is 54.1 Å². The molecule has 0 N–H and O–H groups in total. The first kappa shape index (κ1) is 18.7. The van der Waals surface area contributed by atoms with Crippen LogP contribution in [-0.4, -0.2) is 24.8 Å². The molecule has 5 heteroatoms. The number of carbonyl (C=O) groups excluding carboxylic acids is 2. The number of esters is 2. The van der Waals surface area contributed by atoms with Gasteiger partial charge in [-0.25, -0.2) is 9.59 Å². The number of carbonyl (C=O) groups is 2. The molecule has 0 bridgehead atoms. The summed E-state index contributed by atoms with van der Waals surface area (Å²) in [4.78, 5) is 24.3. The fraction of sp³-hybridized carbons (Fsp3) is 0.273. The quantitative estimate of drug-likeness (QED) is 0.459. The Morgan fingerprint density at radius 1 is 0.926 bits per heavy atom. The zero-order valence-corrected chi connectivity index (χ0v) is 15.7. The lowest BCUT2D eigenvalue weighted by Crippen LogP contribution is -2.41. The molecule has 2 aromatic carbocycles. The second-order valence-corrected chi connectivity index (χ2v) is 6.78. The van der Waals surface area contributed by atoms with Gasteiger partial charge in [0.2, 0.25) is 0 Å². The van der Waals surface area contributed by atoms with E-state index < -0.39 is 17.7 Å². The molecule has 0 unspecified atom stereocenters. The van der Waals surface area contributed by atoms with Gasteiger partial charge in [0.15, 0.2) is 0 Å². The molecule has 0 saturated carbocycles. The van der Waals surface area contributed by atoms with Crippen LogP contribution in [0.1, 0.15) is 30.5 Å². The van der Waals surface area contributed by atoms with E-state index in [0.717, 1.165) is 29.7 Å². The smallest absolute Gasteiger partial charge is 0.348 e. The van der Waals surface area contributed by atoms with Gasteiger partial charge in [-0.05, 0) is 47.7 Å². The summed E-state index contributed by atoms with van der Waals surface area (Å²) in [6, 6.07) is 15.6. The van der Waals surface area contributed by atoms with Crippen molar-refractivity contribution in [3.8, 4) is 5.75 Å². The Morgan fingerprint density at radius 3 is 2.19 bits per heavy atom. The molecule has 1 aliphatic heterocycles. The van der Waals surface area contributed by atoms with E-state index >= 15 is 0 Å². The molecule has 1 aliphatic rings. The average molecular weight is 366 g/mol. The highest BCUT2D eigenvalue weighted by molar-refractivity contribution is 6.18. The van der Waals surface area contributed by atoms with Crippen LogP contribution in [0, 0.1) is 0 Å². The van der Waals surface area contributed by atoms with Crippen LogP contribution in [0.25, 0.3) is 6.08 Å². The maximum Gasteiger partial charge on any atom is 0.348 e. The van der Waals surface area contributed by atoms with Crippen LogP contribution in [0.3, 0.4) is 0 Å². The normalized spacial score (nSPS) is 15.7. The summed E-state index contributed by atoms with van der Waals surface area (Å²) in [5.74, 6) is -1.75. The molecule has 140 valence electrons. The van der Waals surface area contributed by atoms with Gasteiger partial charge in [0.25, 0.3) is 5.79 Å². The Labute approximate surface area is 158 Å². The summed E-state index contributed by atoms with van der Waals surface area (Å²) in [5, 5.41) is 0. The molecule has 0 aromatic heterocycles. The highest BCUT2D eigenvalue weighted by Crippen LogP contribution is 2.25. The highest BCUT2D eigenvalue weighted by atomic mass is 16.7. The van der Waals surface area contributed by atoms with Crippen molar-refractivity contribution in [3.63, 3.8) is 0 Å². The van der Waals surface area contributed by atoms with E-state index in [0.29, 0.717) is 0 Å². The molecule has 2 aromatic rings. The van der Waals surface area contributed by atoms with Gasteiger partial charge < -0.3 is 14.2 Å². The molecule has 1 saturated heterocycles. The SMILES string of the molecule is COc1ccc(CCc2ccccc2C=C2C(=O)OC(C)(C)OC2=O)cc1. The molecule has 0 aliphatic carbocycles. The molecule has 0 amide bonds. The van der Waals surface area contributed by atoms with Gasteiger partial charge >= 0.3 is 11.9 Å². The van der Waals surface area contributed by atoms with Crippen molar-refractivity contribution in [2.75, 3.05) is 7.11 Å². The van der Waals surface area contributed by atoms with E-state index in [9.17, 15) is 9.59 Å². The standard InChI is InChI=1S/C22H22O5/c1-22(2)26-20(23)19(21(24)27-22)14-17-7-5-4-6-16(17)11-8-15-9-12-18(25-3)13-10-15/h4-7,9-10,12-14H,8,11H2,1-3H3. The Hall–Kier alpha value is -3.08. The summed E-state index contributed by atoms with van der Waals surface area (Å²) in [5.41, 5.74) is 2.92. The summed E-state index contributed by atoms with van der Waals surface area (Å²) in [7, 11) is 1.64. The van der Waals surface area contributed by atoms with Crippen molar-refractivity contribution in [1.82, 2.24) is 0 Å². The van der Waals surface area contributed by atoms with E-state index in [2.05, 4.69) is 0 Å². The first-order chi connectivity index (χ1) is 12.9. The van der Waals surface area contributed by atoms with Crippen molar-refractivity contribution < 1.29 is 23.8 Å². The maximum atomic E-state index is 12.2. The Morgan fingerprint density at radius 2 is 1.56 bits per heavy atom. The van der Waals surface area contributed by atoms with Crippen LogP contribution < -0.4 is 4.74 Å². The molecule has 5 nitrogen and oxygen atoms in total. The van der Waals surface area contributed by atoms with Crippen LogP contribution in [0.5, 0.6) is 5.75 Å². The fourth-order valence-electron chi connectivity index (χ4n) is 2.91. The van der Waals surface area contributed by atoms with Crippen LogP contribution in [0.4, 0.5) is 0 Å². The van der Waals surface area contributed by atoms with Gasteiger partial charge in [0.1, 0.15) is 11.3 Å². The first-order valence-corrected chi connectivity index (χ1v) is 8.77. The van der Waals surface area contributed by atoms with Crippen molar-refractivity contribution in [3.05, 3.63) is 70.8 Å². The zero-order valence-electron chi connectivity index (χ0n) is 15.7. The van der Waals surface area contributed by atoms with Crippen molar-refractivity contribution in [2.45, 2.75) is 32.5 Å². The largest absolute Gasteiger partial charge is 0.497 e. The summed E-state index contributed by atoms with van der Waals surface area (Å²) < 4.78 is 15.5. The number of hydrogen-bond acceptors (Lipinski definition) is 5. The number of hydrogen-bond donors (Lipinski definition) is 0. The van der Waals surface area contributed by atoms with Gasteiger partial charge in [-0.1, -0.05) is 36.4 Å². The topological polar surface area (TPSA) is 61.8 Å². The van der Waals surface area contributed by atoms with Crippen LogP contribution in [0.2, 0.25) is 0 Å². The highest BCUT2D eigenvalue weighted by Gasteiger charge is 2.38. The maximum absolute atomic E-state index is 12.2. The molecule has 27 heavy (non-hydrogen) atoms. The first-order valence-electron chi connectivity index (χ1n) is 8.77. The average Bonchev–Trinajstić information content (AvgIpc) is 2.63. The lowest BCUT2D eigenvalue weighted by atomic mass is 9.98. The molecule has 0 spiro atoms. The van der Waals surface area contributed by atoms with Gasteiger partial charge in [0.05, 0.1) is 7.11 Å². The molecule has 0 atom stereocenters. The van der Waals surface area contributed by atoms with Crippen LogP contribution >= 0.6 is 0 Å². The number of methoxy groups -OCH3 is 1. The third-order valence-corrected chi connectivity index (χ3v) is 4.31.